The fraction of sp³-hybridized carbons (Fsp3) is 0.0476. The van der Waals surface area contributed by atoms with E-state index in [1.807, 2.05) is 72.8 Å². The second kappa shape index (κ2) is 12.7. The van der Waals surface area contributed by atoms with E-state index in [4.69, 9.17) is 19.9 Å². The summed E-state index contributed by atoms with van der Waals surface area (Å²) in [4.78, 5) is 19.5. The number of benzene rings is 6. The van der Waals surface area contributed by atoms with Crippen LogP contribution in [0, 0.1) is 0 Å². The second-order valence-corrected chi connectivity index (χ2v) is 12.1. The molecule has 6 aromatic carbocycles. The Balaban J connectivity index is 1.27. The zero-order valence-electron chi connectivity index (χ0n) is 26.9. The van der Waals surface area contributed by atoms with Crippen LogP contribution in [0.1, 0.15) is 11.1 Å². The number of hydrogen-bond acceptors (Lipinski definition) is 4. The summed E-state index contributed by atoms with van der Waals surface area (Å²) in [5.74, 6) is 0. The first-order chi connectivity index (χ1) is 25.0. The van der Waals surface area contributed by atoms with Gasteiger partial charge in [0.2, 0.25) is 0 Å². The molecule has 0 amide bonds. The van der Waals surface area contributed by atoms with Crippen molar-refractivity contribution in [2.75, 3.05) is 0 Å². The van der Waals surface area contributed by atoms with Gasteiger partial charge in [0, 0.05) is 22.3 Å². The highest BCUT2D eigenvalue weighted by molar-refractivity contribution is 5.92. The SMILES string of the molecule is FC(F)(F)c1cccc(-c2nc3cc(-c4ccc5nc(-c6ccccc6)c(-c6cccc(C(F)(F)F)c6)nc5c4)ccc3nc2-c2ccccc2)c1. The van der Waals surface area contributed by atoms with Gasteiger partial charge in [0.25, 0.3) is 0 Å². The van der Waals surface area contributed by atoms with Crippen LogP contribution in [0.5, 0.6) is 0 Å². The summed E-state index contributed by atoms with van der Waals surface area (Å²) in [6.07, 6.45) is -9.08. The van der Waals surface area contributed by atoms with Crippen LogP contribution in [0.25, 0.3) is 78.2 Å². The van der Waals surface area contributed by atoms with Crippen LogP contribution in [0.3, 0.4) is 0 Å². The number of aromatic nitrogens is 4. The quantitative estimate of drug-likeness (QED) is 0.168. The summed E-state index contributed by atoms with van der Waals surface area (Å²) < 4.78 is 82.3. The Bertz CT molecular complexity index is 2420. The first-order valence-corrected chi connectivity index (χ1v) is 16.1. The summed E-state index contributed by atoms with van der Waals surface area (Å²) in [6.45, 7) is 0. The van der Waals surface area contributed by atoms with Crippen LogP contribution in [-0.2, 0) is 12.4 Å². The minimum Gasteiger partial charge on any atom is -0.244 e. The molecule has 2 aromatic heterocycles. The Morgan fingerprint density at radius 3 is 1.02 bits per heavy atom. The van der Waals surface area contributed by atoms with E-state index in [0.29, 0.717) is 56.0 Å². The average molecular weight is 699 g/mol. The zero-order chi connectivity index (χ0) is 36.0. The molecule has 0 aliphatic heterocycles. The van der Waals surface area contributed by atoms with Gasteiger partial charge in [0.15, 0.2) is 0 Å². The van der Waals surface area contributed by atoms with Gasteiger partial charge < -0.3 is 0 Å². The van der Waals surface area contributed by atoms with Crippen molar-refractivity contribution in [3.8, 4) is 56.2 Å². The molecule has 10 heteroatoms. The minimum absolute atomic E-state index is 0.269. The molecular formula is C42H24F6N4. The second-order valence-electron chi connectivity index (χ2n) is 12.1. The largest absolute Gasteiger partial charge is 0.416 e. The van der Waals surface area contributed by atoms with Gasteiger partial charge in [0.1, 0.15) is 0 Å². The molecule has 0 radical (unpaired) electrons. The maximum Gasteiger partial charge on any atom is 0.416 e. The van der Waals surface area contributed by atoms with E-state index in [-0.39, 0.29) is 11.1 Å². The summed E-state index contributed by atoms with van der Waals surface area (Å²) in [6, 6.07) is 39.2. The van der Waals surface area contributed by atoms with Gasteiger partial charge in [-0.2, -0.15) is 26.3 Å². The van der Waals surface area contributed by atoms with E-state index in [9.17, 15) is 26.3 Å². The van der Waals surface area contributed by atoms with Gasteiger partial charge >= 0.3 is 12.4 Å². The van der Waals surface area contributed by atoms with Crippen LogP contribution in [-0.4, -0.2) is 19.9 Å². The van der Waals surface area contributed by atoms with Gasteiger partial charge in [-0.15, -0.1) is 0 Å². The van der Waals surface area contributed by atoms with Crippen molar-refractivity contribution in [1.29, 1.82) is 0 Å². The molecule has 8 aromatic rings. The van der Waals surface area contributed by atoms with Crippen LogP contribution in [0.15, 0.2) is 146 Å². The van der Waals surface area contributed by atoms with Gasteiger partial charge in [-0.05, 0) is 59.7 Å². The fourth-order valence-electron chi connectivity index (χ4n) is 6.15. The van der Waals surface area contributed by atoms with Crippen molar-refractivity contribution in [3.05, 3.63) is 157 Å². The molecule has 0 spiro atoms. The maximum absolute atomic E-state index is 13.7. The van der Waals surface area contributed by atoms with Crippen molar-refractivity contribution in [2.45, 2.75) is 12.4 Å². The third kappa shape index (κ3) is 6.35. The van der Waals surface area contributed by atoms with E-state index in [1.165, 1.54) is 12.1 Å². The lowest BCUT2D eigenvalue weighted by atomic mass is 10.00. The summed E-state index contributed by atoms with van der Waals surface area (Å²) in [5.41, 5.74) is 5.27. The third-order valence-electron chi connectivity index (χ3n) is 8.68. The van der Waals surface area contributed by atoms with E-state index in [0.717, 1.165) is 35.4 Å². The molecular weight excluding hydrogens is 674 g/mol. The zero-order valence-corrected chi connectivity index (χ0v) is 26.9. The predicted molar refractivity (Wildman–Crippen MR) is 190 cm³/mol. The summed E-state index contributed by atoms with van der Waals surface area (Å²) in [7, 11) is 0. The number of alkyl halides is 6. The van der Waals surface area contributed by atoms with Crippen molar-refractivity contribution < 1.29 is 26.3 Å². The van der Waals surface area contributed by atoms with Gasteiger partial charge in [-0.25, -0.2) is 19.9 Å². The molecule has 0 bridgehead atoms. The summed E-state index contributed by atoms with van der Waals surface area (Å²) >= 11 is 0. The Morgan fingerprint density at radius 2 is 0.635 bits per heavy atom. The number of fused-ring (bicyclic) bond motifs is 2. The molecule has 8 rings (SSSR count). The smallest absolute Gasteiger partial charge is 0.244 e. The first-order valence-electron chi connectivity index (χ1n) is 16.1. The molecule has 0 saturated carbocycles. The lowest BCUT2D eigenvalue weighted by Gasteiger charge is -2.14. The normalized spacial score (nSPS) is 12.0. The molecule has 4 nitrogen and oxygen atoms in total. The van der Waals surface area contributed by atoms with Gasteiger partial charge in [-0.1, -0.05) is 97.1 Å². The van der Waals surface area contributed by atoms with Crippen LogP contribution >= 0.6 is 0 Å². The van der Waals surface area contributed by atoms with Crippen molar-refractivity contribution >= 4 is 22.1 Å². The molecule has 254 valence electrons. The first kappa shape index (κ1) is 32.8. The maximum atomic E-state index is 13.7. The van der Waals surface area contributed by atoms with E-state index in [1.54, 1.807) is 36.4 Å². The van der Waals surface area contributed by atoms with E-state index in [2.05, 4.69) is 0 Å². The van der Waals surface area contributed by atoms with Gasteiger partial charge in [0.05, 0.1) is 56.0 Å². The van der Waals surface area contributed by atoms with Crippen LogP contribution in [0.2, 0.25) is 0 Å². The Morgan fingerprint density at radius 1 is 0.288 bits per heavy atom. The Hall–Kier alpha value is -6.42. The highest BCUT2D eigenvalue weighted by Crippen LogP contribution is 2.38. The fourth-order valence-corrected chi connectivity index (χ4v) is 6.15. The number of hydrogen-bond donors (Lipinski definition) is 0. The van der Waals surface area contributed by atoms with Crippen LogP contribution < -0.4 is 0 Å². The molecule has 0 fully saturated rings. The molecule has 0 N–H and O–H groups in total. The van der Waals surface area contributed by atoms with E-state index < -0.39 is 23.5 Å². The summed E-state index contributed by atoms with van der Waals surface area (Å²) in [5, 5.41) is 0. The molecule has 52 heavy (non-hydrogen) atoms. The number of halogens is 6. The monoisotopic (exact) mass is 698 g/mol. The molecule has 0 unspecified atom stereocenters. The Kier molecular flexibility index (Phi) is 8.02. The molecule has 2 heterocycles. The molecule has 0 saturated heterocycles. The average Bonchev–Trinajstić information content (AvgIpc) is 3.16. The predicted octanol–water partition coefficient (Wildman–Crippen LogP) is 11.9. The highest BCUT2D eigenvalue weighted by Gasteiger charge is 2.32. The van der Waals surface area contributed by atoms with E-state index >= 15 is 0 Å². The van der Waals surface area contributed by atoms with Crippen molar-refractivity contribution in [2.24, 2.45) is 0 Å². The molecule has 0 aliphatic rings. The highest BCUT2D eigenvalue weighted by atomic mass is 19.4. The lowest BCUT2D eigenvalue weighted by molar-refractivity contribution is -0.138. The number of nitrogens with zero attached hydrogens (tertiary/aromatic N) is 4. The third-order valence-corrected chi connectivity index (χ3v) is 8.68. The van der Waals surface area contributed by atoms with Gasteiger partial charge in [-0.3, -0.25) is 0 Å². The Labute approximate surface area is 293 Å². The topological polar surface area (TPSA) is 51.6 Å². The van der Waals surface area contributed by atoms with Crippen molar-refractivity contribution in [1.82, 2.24) is 19.9 Å². The van der Waals surface area contributed by atoms with Crippen LogP contribution in [0.4, 0.5) is 26.3 Å². The lowest BCUT2D eigenvalue weighted by Crippen LogP contribution is -2.05. The minimum atomic E-state index is -4.54. The number of rotatable bonds is 5. The standard InChI is InChI=1S/C42H24F6N4/c43-41(44,45)31-15-7-13-29(21-31)39-37(25-9-3-1-4-10-25)49-33-19-17-27(23-35(33)51-39)28-18-20-34-36(24-28)52-40(38(50-34)26-11-5-2-6-12-26)30-14-8-16-32(22-30)42(46,47)48/h1-24H. The molecule has 0 atom stereocenters. The van der Waals surface area contributed by atoms with Crippen molar-refractivity contribution in [3.63, 3.8) is 0 Å². The molecule has 0 aliphatic carbocycles.